The summed E-state index contributed by atoms with van der Waals surface area (Å²) in [5.41, 5.74) is 3.49. The van der Waals surface area contributed by atoms with Crippen LogP contribution >= 0.6 is 23.2 Å². The third-order valence-corrected chi connectivity index (χ3v) is 5.72. The molecule has 0 atom stereocenters. The summed E-state index contributed by atoms with van der Waals surface area (Å²) in [6.07, 6.45) is 1.45. The zero-order chi connectivity index (χ0) is 20.9. The van der Waals surface area contributed by atoms with Gasteiger partial charge in [0.15, 0.2) is 0 Å². The molecule has 6 nitrogen and oxygen atoms in total. The van der Waals surface area contributed by atoms with E-state index in [0.717, 1.165) is 5.56 Å². The first-order chi connectivity index (χ1) is 13.8. The minimum Gasteiger partial charge on any atom is -0.278 e. The van der Waals surface area contributed by atoms with Crippen LogP contribution in [0.3, 0.4) is 0 Å². The maximum Gasteiger partial charge on any atom is 0.271 e. The fourth-order valence-corrected chi connectivity index (χ4v) is 3.82. The van der Waals surface area contributed by atoms with Crippen molar-refractivity contribution in [3.8, 4) is 0 Å². The summed E-state index contributed by atoms with van der Waals surface area (Å²) in [4.78, 5) is 12.2. The molecule has 3 aromatic rings. The smallest absolute Gasteiger partial charge is 0.271 e. The Morgan fingerprint density at radius 3 is 2.38 bits per heavy atom. The number of nitrogens with zero attached hydrogens (tertiary/aromatic N) is 1. The monoisotopic (exact) mass is 447 g/mol. The second kappa shape index (κ2) is 9.09. The first-order valence-electron chi connectivity index (χ1n) is 8.31. The highest BCUT2D eigenvalue weighted by molar-refractivity contribution is 7.92. The van der Waals surface area contributed by atoms with Gasteiger partial charge >= 0.3 is 0 Å². The van der Waals surface area contributed by atoms with Crippen LogP contribution in [0.2, 0.25) is 10.0 Å². The van der Waals surface area contributed by atoms with Gasteiger partial charge in [-0.25, -0.2) is 13.8 Å². The van der Waals surface area contributed by atoms with Crippen molar-refractivity contribution < 1.29 is 13.2 Å². The predicted molar refractivity (Wildman–Crippen MR) is 115 cm³/mol. The van der Waals surface area contributed by atoms with Crippen molar-refractivity contribution in [2.24, 2.45) is 5.10 Å². The van der Waals surface area contributed by atoms with Gasteiger partial charge in [-0.1, -0.05) is 53.5 Å². The van der Waals surface area contributed by atoms with Gasteiger partial charge in [0.25, 0.3) is 15.9 Å². The SMILES string of the molecule is O=C(NN=Cc1ccc(Cl)cc1)c1cccc(S(=O)(=O)Nc2ccccc2Cl)c1. The quantitative estimate of drug-likeness (QED) is 0.428. The second-order valence-corrected chi connectivity index (χ2v) is 8.39. The molecule has 0 radical (unpaired) electrons. The molecular weight excluding hydrogens is 433 g/mol. The third-order valence-electron chi connectivity index (χ3n) is 3.77. The highest BCUT2D eigenvalue weighted by atomic mass is 35.5. The largest absolute Gasteiger partial charge is 0.278 e. The fraction of sp³-hybridized carbons (Fsp3) is 0. The van der Waals surface area contributed by atoms with Crippen LogP contribution in [0.25, 0.3) is 0 Å². The molecule has 0 saturated carbocycles. The summed E-state index contributed by atoms with van der Waals surface area (Å²) in [6, 6.07) is 18.9. The molecule has 0 aliphatic rings. The van der Waals surface area contributed by atoms with Crippen molar-refractivity contribution in [3.63, 3.8) is 0 Å². The van der Waals surface area contributed by atoms with Gasteiger partial charge in [0.1, 0.15) is 0 Å². The molecule has 0 fully saturated rings. The van der Waals surface area contributed by atoms with Crippen molar-refractivity contribution in [1.29, 1.82) is 0 Å². The fourth-order valence-electron chi connectivity index (χ4n) is 2.33. The van der Waals surface area contributed by atoms with Gasteiger partial charge in [0.2, 0.25) is 0 Å². The molecule has 0 saturated heterocycles. The number of para-hydroxylation sites is 1. The van der Waals surface area contributed by atoms with Crippen molar-refractivity contribution in [1.82, 2.24) is 5.43 Å². The number of benzene rings is 3. The van der Waals surface area contributed by atoms with Crippen molar-refractivity contribution in [3.05, 3.63) is 94.0 Å². The summed E-state index contributed by atoms with van der Waals surface area (Å²) in [6.45, 7) is 0. The van der Waals surface area contributed by atoms with Crippen LogP contribution in [0.1, 0.15) is 15.9 Å². The van der Waals surface area contributed by atoms with Crippen LogP contribution in [-0.4, -0.2) is 20.5 Å². The molecule has 3 rings (SSSR count). The summed E-state index contributed by atoms with van der Waals surface area (Å²) in [5.74, 6) is -0.551. The molecule has 0 aromatic heterocycles. The maximum atomic E-state index is 12.6. The van der Waals surface area contributed by atoms with E-state index in [4.69, 9.17) is 23.2 Å². The molecule has 0 spiro atoms. The second-order valence-electron chi connectivity index (χ2n) is 5.86. The molecule has 0 bridgehead atoms. The molecule has 29 heavy (non-hydrogen) atoms. The van der Waals surface area contributed by atoms with E-state index in [1.807, 2.05) is 0 Å². The number of anilines is 1. The Morgan fingerprint density at radius 2 is 1.66 bits per heavy atom. The highest BCUT2D eigenvalue weighted by Gasteiger charge is 2.17. The Morgan fingerprint density at radius 1 is 0.931 bits per heavy atom. The maximum absolute atomic E-state index is 12.6. The topological polar surface area (TPSA) is 87.6 Å². The number of amides is 1. The molecule has 0 heterocycles. The Labute approximate surface area is 178 Å². The third kappa shape index (κ3) is 5.57. The minimum atomic E-state index is -3.92. The molecule has 0 aliphatic carbocycles. The lowest BCUT2D eigenvalue weighted by atomic mass is 10.2. The molecule has 0 aliphatic heterocycles. The number of rotatable bonds is 6. The van der Waals surface area contributed by atoms with E-state index < -0.39 is 15.9 Å². The van der Waals surface area contributed by atoms with E-state index in [1.165, 1.54) is 30.5 Å². The number of hydrogen-bond donors (Lipinski definition) is 2. The van der Waals surface area contributed by atoms with Gasteiger partial charge < -0.3 is 0 Å². The molecule has 0 unspecified atom stereocenters. The van der Waals surface area contributed by atoms with Crippen LogP contribution in [0.4, 0.5) is 5.69 Å². The first-order valence-corrected chi connectivity index (χ1v) is 10.6. The zero-order valence-electron chi connectivity index (χ0n) is 14.8. The Balaban J connectivity index is 1.73. The summed E-state index contributed by atoms with van der Waals surface area (Å²) in [7, 11) is -3.92. The van der Waals surface area contributed by atoms with Gasteiger partial charge in [-0.05, 0) is 48.0 Å². The van der Waals surface area contributed by atoms with Gasteiger partial charge in [0.05, 0.1) is 21.8 Å². The van der Waals surface area contributed by atoms with Crippen molar-refractivity contribution in [2.75, 3.05) is 4.72 Å². The van der Waals surface area contributed by atoms with Crippen molar-refractivity contribution >= 4 is 51.0 Å². The van der Waals surface area contributed by atoms with Crippen LogP contribution in [0, 0.1) is 0 Å². The summed E-state index contributed by atoms with van der Waals surface area (Å²) in [5, 5.41) is 4.73. The first kappa shape index (κ1) is 20.9. The zero-order valence-corrected chi connectivity index (χ0v) is 17.2. The highest BCUT2D eigenvalue weighted by Crippen LogP contribution is 2.24. The average molecular weight is 448 g/mol. The normalized spacial score (nSPS) is 11.4. The molecule has 148 valence electrons. The van der Waals surface area contributed by atoms with Gasteiger partial charge in [-0.2, -0.15) is 5.10 Å². The number of halogens is 2. The lowest BCUT2D eigenvalue weighted by Gasteiger charge is -2.10. The number of sulfonamides is 1. The summed E-state index contributed by atoms with van der Waals surface area (Å²) >= 11 is 11.8. The van der Waals surface area contributed by atoms with Crippen molar-refractivity contribution in [2.45, 2.75) is 4.90 Å². The van der Waals surface area contributed by atoms with Crippen LogP contribution < -0.4 is 10.1 Å². The minimum absolute atomic E-state index is 0.0771. The predicted octanol–water partition coefficient (Wildman–Crippen LogP) is 4.56. The lowest BCUT2D eigenvalue weighted by molar-refractivity contribution is 0.0955. The lowest BCUT2D eigenvalue weighted by Crippen LogP contribution is -2.19. The number of nitrogens with one attached hydrogen (secondary N) is 2. The van der Waals surface area contributed by atoms with E-state index >= 15 is 0 Å². The standard InChI is InChI=1S/C20H15Cl2N3O3S/c21-16-10-8-14(9-11-16)13-23-24-20(26)15-4-3-5-17(12-15)29(27,28)25-19-7-2-1-6-18(19)22/h1-13,25H,(H,24,26). The number of hydrogen-bond acceptors (Lipinski definition) is 4. The molecule has 9 heteroatoms. The molecular formula is C20H15Cl2N3O3S. The van der Waals surface area contributed by atoms with Gasteiger partial charge in [-0.15, -0.1) is 0 Å². The van der Waals surface area contributed by atoms with E-state index in [2.05, 4.69) is 15.2 Å². The summed E-state index contributed by atoms with van der Waals surface area (Å²) < 4.78 is 27.6. The molecule has 1 amide bonds. The van der Waals surface area contributed by atoms with Gasteiger partial charge in [-0.3, -0.25) is 9.52 Å². The van der Waals surface area contributed by atoms with Gasteiger partial charge in [0, 0.05) is 10.6 Å². The van der Waals surface area contributed by atoms with Crippen LogP contribution in [0.15, 0.2) is 82.8 Å². The number of carbonyl (C=O) groups is 1. The number of carbonyl (C=O) groups excluding carboxylic acids is 1. The van der Waals surface area contributed by atoms with E-state index in [9.17, 15) is 13.2 Å². The Hall–Kier alpha value is -2.87. The Kier molecular flexibility index (Phi) is 6.53. The van der Waals surface area contributed by atoms with E-state index in [-0.39, 0.29) is 21.2 Å². The van der Waals surface area contributed by atoms with Crippen LogP contribution in [0.5, 0.6) is 0 Å². The molecule has 3 aromatic carbocycles. The number of hydrazone groups is 1. The van der Waals surface area contributed by atoms with Crippen LogP contribution in [-0.2, 0) is 10.0 Å². The Bertz CT molecular complexity index is 1160. The average Bonchev–Trinajstić information content (AvgIpc) is 2.71. The molecule has 2 N–H and O–H groups in total. The van der Waals surface area contributed by atoms with E-state index in [0.29, 0.717) is 5.02 Å². The van der Waals surface area contributed by atoms with E-state index in [1.54, 1.807) is 48.5 Å².